The van der Waals surface area contributed by atoms with Crippen molar-refractivity contribution in [3.05, 3.63) is 23.8 Å². The van der Waals surface area contributed by atoms with Crippen molar-refractivity contribution in [3.63, 3.8) is 0 Å². The molecule has 0 saturated heterocycles. The van der Waals surface area contributed by atoms with E-state index in [2.05, 4.69) is 0 Å². The molecule has 0 aliphatic carbocycles. The van der Waals surface area contributed by atoms with Gasteiger partial charge in [-0.05, 0) is 45.7 Å². The highest BCUT2D eigenvalue weighted by Crippen LogP contribution is 2.36. The van der Waals surface area contributed by atoms with Crippen LogP contribution in [0.2, 0.25) is 0 Å². The number of hydrogen-bond acceptors (Lipinski definition) is 3. The molecule has 0 amide bonds. The summed E-state index contributed by atoms with van der Waals surface area (Å²) in [5.74, 6) is 0.438. The summed E-state index contributed by atoms with van der Waals surface area (Å²) in [5, 5.41) is 9.23. The van der Waals surface area contributed by atoms with Gasteiger partial charge in [-0.3, -0.25) is 4.79 Å². The average Bonchev–Trinajstić information content (AvgIpc) is 2.30. The predicted octanol–water partition coefficient (Wildman–Crippen LogP) is 3.14. The molecule has 0 atom stereocenters. The van der Waals surface area contributed by atoms with Crippen molar-refractivity contribution in [2.24, 2.45) is 5.41 Å². The summed E-state index contributed by atoms with van der Waals surface area (Å²) in [6, 6.07) is 5.54. The van der Waals surface area contributed by atoms with Crippen molar-refractivity contribution in [2.75, 3.05) is 7.11 Å². The summed E-state index contributed by atoms with van der Waals surface area (Å²) in [7, 11) is 1.58. The largest absolute Gasteiger partial charge is 0.493 e. The zero-order valence-electron chi connectivity index (χ0n) is 12.2. The molecular formula is C15H22O4. The van der Waals surface area contributed by atoms with Gasteiger partial charge in [0.2, 0.25) is 0 Å². The molecule has 0 bridgehead atoms. The standard InChI is InChI=1S/C15H22O4/c1-10(2)19-13-11(7-6-8-12(13)18-5)9-15(3,4)14(16)17/h6-8,10H,9H2,1-5H3,(H,16,17). The maximum atomic E-state index is 11.2. The Morgan fingerprint density at radius 1 is 1.37 bits per heavy atom. The number of carboxylic acid groups (broad SMARTS) is 1. The van der Waals surface area contributed by atoms with Crippen molar-refractivity contribution < 1.29 is 19.4 Å². The lowest BCUT2D eigenvalue weighted by Gasteiger charge is -2.23. The van der Waals surface area contributed by atoms with E-state index in [0.717, 1.165) is 5.56 Å². The zero-order valence-corrected chi connectivity index (χ0v) is 12.2. The van der Waals surface area contributed by atoms with Crippen LogP contribution >= 0.6 is 0 Å². The molecule has 0 aromatic heterocycles. The minimum atomic E-state index is -0.846. The Morgan fingerprint density at radius 2 is 2.00 bits per heavy atom. The first kappa shape index (κ1) is 15.3. The van der Waals surface area contributed by atoms with Gasteiger partial charge < -0.3 is 14.6 Å². The number of carboxylic acids is 1. The average molecular weight is 266 g/mol. The maximum Gasteiger partial charge on any atom is 0.309 e. The smallest absolute Gasteiger partial charge is 0.309 e. The van der Waals surface area contributed by atoms with E-state index in [9.17, 15) is 9.90 Å². The van der Waals surface area contributed by atoms with Gasteiger partial charge in [0.25, 0.3) is 0 Å². The molecule has 1 aromatic rings. The quantitative estimate of drug-likeness (QED) is 0.859. The highest BCUT2D eigenvalue weighted by Gasteiger charge is 2.29. The van der Waals surface area contributed by atoms with Gasteiger partial charge in [-0.2, -0.15) is 0 Å². The second kappa shape index (κ2) is 5.95. The second-order valence-electron chi connectivity index (χ2n) is 5.48. The molecule has 4 nitrogen and oxygen atoms in total. The monoisotopic (exact) mass is 266 g/mol. The van der Waals surface area contributed by atoms with E-state index in [1.165, 1.54) is 0 Å². The number of carbonyl (C=O) groups is 1. The van der Waals surface area contributed by atoms with E-state index in [1.807, 2.05) is 32.0 Å². The van der Waals surface area contributed by atoms with Crippen molar-refractivity contribution in [2.45, 2.75) is 40.2 Å². The lowest BCUT2D eigenvalue weighted by atomic mass is 9.85. The molecule has 0 fully saturated rings. The van der Waals surface area contributed by atoms with E-state index in [1.54, 1.807) is 21.0 Å². The van der Waals surface area contributed by atoms with Crippen LogP contribution in [0, 0.1) is 5.41 Å². The Morgan fingerprint density at radius 3 is 2.47 bits per heavy atom. The first-order valence-corrected chi connectivity index (χ1v) is 6.34. The number of benzene rings is 1. The minimum absolute atomic E-state index is 0.00277. The molecule has 0 radical (unpaired) electrons. The van der Waals surface area contributed by atoms with Crippen LogP contribution in [0.5, 0.6) is 11.5 Å². The molecule has 0 aliphatic rings. The van der Waals surface area contributed by atoms with Crippen LogP contribution < -0.4 is 9.47 Å². The summed E-state index contributed by atoms with van der Waals surface area (Å²) in [6.07, 6.45) is 0.393. The first-order valence-electron chi connectivity index (χ1n) is 6.34. The molecule has 4 heteroatoms. The molecule has 1 N–H and O–H groups in total. The van der Waals surface area contributed by atoms with E-state index >= 15 is 0 Å². The summed E-state index contributed by atoms with van der Waals surface area (Å²) >= 11 is 0. The molecule has 19 heavy (non-hydrogen) atoms. The van der Waals surface area contributed by atoms with Gasteiger partial charge in [0.1, 0.15) is 0 Å². The van der Waals surface area contributed by atoms with E-state index in [4.69, 9.17) is 9.47 Å². The fraction of sp³-hybridized carbons (Fsp3) is 0.533. The number of rotatable bonds is 6. The molecule has 106 valence electrons. The van der Waals surface area contributed by atoms with E-state index < -0.39 is 11.4 Å². The number of para-hydroxylation sites is 1. The van der Waals surface area contributed by atoms with E-state index in [-0.39, 0.29) is 6.10 Å². The molecule has 0 unspecified atom stereocenters. The molecule has 0 heterocycles. The minimum Gasteiger partial charge on any atom is -0.493 e. The Hall–Kier alpha value is -1.71. The normalized spacial score (nSPS) is 11.5. The molecular weight excluding hydrogens is 244 g/mol. The SMILES string of the molecule is COc1cccc(CC(C)(C)C(=O)O)c1OC(C)C. The van der Waals surface area contributed by atoms with Crippen LogP contribution in [0.15, 0.2) is 18.2 Å². The highest BCUT2D eigenvalue weighted by atomic mass is 16.5. The Bertz CT molecular complexity index is 449. The van der Waals surface area contributed by atoms with Gasteiger partial charge in [0, 0.05) is 0 Å². The third kappa shape index (κ3) is 3.88. The molecule has 1 aromatic carbocycles. The van der Waals surface area contributed by atoms with Gasteiger partial charge in [0.05, 0.1) is 18.6 Å². The molecule has 0 saturated carbocycles. The van der Waals surface area contributed by atoms with Crippen LogP contribution in [0.25, 0.3) is 0 Å². The van der Waals surface area contributed by atoms with Crippen LogP contribution in [-0.4, -0.2) is 24.3 Å². The van der Waals surface area contributed by atoms with Gasteiger partial charge in [0.15, 0.2) is 11.5 Å². The van der Waals surface area contributed by atoms with Crippen molar-refractivity contribution >= 4 is 5.97 Å². The molecule has 0 spiro atoms. The number of hydrogen-bond donors (Lipinski definition) is 1. The maximum absolute atomic E-state index is 11.2. The van der Waals surface area contributed by atoms with Gasteiger partial charge >= 0.3 is 5.97 Å². The third-order valence-electron chi connectivity index (χ3n) is 2.85. The first-order chi connectivity index (χ1) is 8.77. The van der Waals surface area contributed by atoms with Crippen LogP contribution in [0.3, 0.4) is 0 Å². The highest BCUT2D eigenvalue weighted by molar-refractivity contribution is 5.74. The van der Waals surface area contributed by atoms with E-state index in [0.29, 0.717) is 17.9 Å². The summed E-state index contributed by atoms with van der Waals surface area (Å²) in [4.78, 5) is 11.2. The van der Waals surface area contributed by atoms with Crippen LogP contribution in [0.4, 0.5) is 0 Å². The fourth-order valence-electron chi connectivity index (χ4n) is 1.78. The predicted molar refractivity (Wildman–Crippen MR) is 73.9 cm³/mol. The van der Waals surface area contributed by atoms with Crippen molar-refractivity contribution in [3.8, 4) is 11.5 Å². The van der Waals surface area contributed by atoms with Crippen LogP contribution in [0.1, 0.15) is 33.3 Å². The number of aliphatic carboxylic acids is 1. The fourth-order valence-corrected chi connectivity index (χ4v) is 1.78. The summed E-state index contributed by atoms with van der Waals surface area (Å²) in [5.41, 5.74) is 0.00186. The Balaban J connectivity index is 3.16. The summed E-state index contributed by atoms with van der Waals surface area (Å²) in [6.45, 7) is 7.26. The van der Waals surface area contributed by atoms with Gasteiger partial charge in [-0.15, -0.1) is 0 Å². The lowest BCUT2D eigenvalue weighted by Crippen LogP contribution is -2.26. The Labute approximate surface area is 114 Å². The topological polar surface area (TPSA) is 55.8 Å². The third-order valence-corrected chi connectivity index (χ3v) is 2.85. The summed E-state index contributed by atoms with van der Waals surface area (Å²) < 4.78 is 11.1. The molecule has 1 rings (SSSR count). The zero-order chi connectivity index (χ0) is 14.6. The van der Waals surface area contributed by atoms with Crippen molar-refractivity contribution in [1.29, 1.82) is 0 Å². The number of methoxy groups -OCH3 is 1. The molecule has 0 aliphatic heterocycles. The van der Waals surface area contributed by atoms with Crippen LogP contribution in [-0.2, 0) is 11.2 Å². The Kier molecular flexibility index (Phi) is 4.81. The second-order valence-corrected chi connectivity index (χ2v) is 5.48. The van der Waals surface area contributed by atoms with Gasteiger partial charge in [-0.1, -0.05) is 12.1 Å². The number of ether oxygens (including phenoxy) is 2. The van der Waals surface area contributed by atoms with Crippen molar-refractivity contribution in [1.82, 2.24) is 0 Å². The lowest BCUT2D eigenvalue weighted by molar-refractivity contribution is -0.146. The van der Waals surface area contributed by atoms with Gasteiger partial charge in [-0.25, -0.2) is 0 Å².